The average Bonchev–Trinajstić information content (AvgIpc) is 2.68. The van der Waals surface area contributed by atoms with Crippen molar-refractivity contribution < 1.29 is 4.79 Å². The van der Waals surface area contributed by atoms with Crippen LogP contribution in [0.1, 0.15) is 37.3 Å². The third-order valence-electron chi connectivity index (χ3n) is 5.08. The van der Waals surface area contributed by atoms with Crippen LogP contribution >= 0.6 is 0 Å². The molecule has 124 valence electrons. The van der Waals surface area contributed by atoms with Gasteiger partial charge in [-0.25, -0.2) is 0 Å². The largest absolute Gasteiger partial charge is 0.355 e. The summed E-state index contributed by atoms with van der Waals surface area (Å²) in [5, 5.41) is 3.22. The summed E-state index contributed by atoms with van der Waals surface area (Å²) in [5.41, 5.74) is 2.21. The molecule has 0 saturated carbocycles. The van der Waals surface area contributed by atoms with Crippen molar-refractivity contribution in [3.05, 3.63) is 83.9 Å². The SMILES string of the molecule is CC(CNC(=O)[C@@H]1CC=CCC1)(c1ccccc1)c1ccccc1. The first-order valence-corrected chi connectivity index (χ1v) is 8.74. The normalized spacial score (nSPS) is 17.5. The number of nitrogens with one attached hydrogen (secondary N) is 1. The van der Waals surface area contributed by atoms with Gasteiger partial charge in [-0.3, -0.25) is 4.79 Å². The summed E-state index contributed by atoms with van der Waals surface area (Å²) in [6.07, 6.45) is 7.12. The van der Waals surface area contributed by atoms with Gasteiger partial charge in [0.25, 0.3) is 0 Å². The Morgan fingerprint density at radius 3 is 2.08 bits per heavy atom. The molecule has 1 amide bonds. The Morgan fingerprint density at radius 2 is 1.58 bits per heavy atom. The molecule has 0 aliphatic heterocycles. The van der Waals surface area contributed by atoms with Gasteiger partial charge in [-0.15, -0.1) is 0 Å². The van der Waals surface area contributed by atoms with E-state index in [1.165, 1.54) is 11.1 Å². The van der Waals surface area contributed by atoms with E-state index in [0.717, 1.165) is 19.3 Å². The van der Waals surface area contributed by atoms with Gasteiger partial charge in [-0.05, 0) is 37.3 Å². The van der Waals surface area contributed by atoms with Gasteiger partial charge in [0, 0.05) is 17.9 Å². The van der Waals surface area contributed by atoms with E-state index in [0.29, 0.717) is 6.54 Å². The topological polar surface area (TPSA) is 29.1 Å². The van der Waals surface area contributed by atoms with E-state index < -0.39 is 0 Å². The zero-order valence-electron chi connectivity index (χ0n) is 14.2. The first kappa shape index (κ1) is 16.5. The van der Waals surface area contributed by atoms with Crippen molar-refractivity contribution in [3.63, 3.8) is 0 Å². The van der Waals surface area contributed by atoms with Gasteiger partial charge in [0.1, 0.15) is 0 Å². The highest BCUT2D eigenvalue weighted by molar-refractivity contribution is 5.79. The van der Waals surface area contributed by atoms with E-state index in [4.69, 9.17) is 0 Å². The van der Waals surface area contributed by atoms with Crippen LogP contribution in [-0.4, -0.2) is 12.5 Å². The molecule has 2 aromatic rings. The lowest BCUT2D eigenvalue weighted by molar-refractivity contribution is -0.125. The van der Waals surface area contributed by atoms with E-state index in [1.807, 2.05) is 12.1 Å². The minimum absolute atomic E-state index is 0.116. The maximum absolute atomic E-state index is 12.6. The molecule has 0 aromatic heterocycles. The van der Waals surface area contributed by atoms with Crippen LogP contribution in [0, 0.1) is 5.92 Å². The smallest absolute Gasteiger partial charge is 0.223 e. The van der Waals surface area contributed by atoms with E-state index in [9.17, 15) is 4.79 Å². The molecule has 0 fully saturated rings. The minimum Gasteiger partial charge on any atom is -0.355 e. The van der Waals surface area contributed by atoms with Crippen molar-refractivity contribution in [2.24, 2.45) is 5.92 Å². The fourth-order valence-corrected chi connectivity index (χ4v) is 3.42. The summed E-state index contributed by atoms with van der Waals surface area (Å²) in [5.74, 6) is 0.295. The highest BCUT2D eigenvalue weighted by atomic mass is 16.1. The standard InChI is InChI=1S/C22H25NO/c1-22(19-13-7-3-8-14-19,20-15-9-4-10-16-20)17-23-21(24)18-11-5-2-6-12-18/h2-5,7-10,13-16,18H,6,11-12,17H2,1H3,(H,23,24)/t18-/m1/s1. The number of rotatable bonds is 5. The lowest BCUT2D eigenvalue weighted by Gasteiger charge is -2.32. The minimum atomic E-state index is -0.233. The van der Waals surface area contributed by atoms with Crippen LogP contribution in [0.3, 0.4) is 0 Å². The van der Waals surface area contributed by atoms with Crippen LogP contribution < -0.4 is 5.32 Å². The summed E-state index contributed by atoms with van der Waals surface area (Å²) >= 11 is 0. The monoisotopic (exact) mass is 319 g/mol. The van der Waals surface area contributed by atoms with E-state index in [2.05, 4.69) is 72.9 Å². The molecule has 2 aromatic carbocycles. The predicted octanol–water partition coefficient (Wildman–Crippen LogP) is 4.47. The Labute approximate surface area is 144 Å². The Kier molecular flexibility index (Phi) is 5.14. The molecule has 0 bridgehead atoms. The van der Waals surface area contributed by atoms with Crippen LogP contribution in [0.2, 0.25) is 0 Å². The number of hydrogen-bond donors (Lipinski definition) is 1. The maximum atomic E-state index is 12.6. The molecule has 0 unspecified atom stereocenters. The first-order chi connectivity index (χ1) is 11.7. The first-order valence-electron chi connectivity index (χ1n) is 8.74. The molecule has 1 aliphatic carbocycles. The lowest BCUT2D eigenvalue weighted by atomic mass is 9.76. The predicted molar refractivity (Wildman–Crippen MR) is 98.8 cm³/mol. The van der Waals surface area contributed by atoms with E-state index in [-0.39, 0.29) is 17.2 Å². The number of amides is 1. The second-order valence-electron chi connectivity index (χ2n) is 6.76. The summed E-state index contributed by atoms with van der Waals surface area (Å²) < 4.78 is 0. The summed E-state index contributed by atoms with van der Waals surface area (Å²) in [6, 6.07) is 20.9. The molecule has 2 heteroatoms. The molecule has 24 heavy (non-hydrogen) atoms. The molecule has 0 saturated heterocycles. The second-order valence-corrected chi connectivity index (χ2v) is 6.76. The zero-order chi connectivity index (χ0) is 16.8. The molecule has 0 heterocycles. The van der Waals surface area contributed by atoms with Crippen LogP contribution in [0.5, 0.6) is 0 Å². The highest BCUT2D eigenvalue weighted by Gasteiger charge is 2.30. The number of hydrogen-bond acceptors (Lipinski definition) is 1. The molecule has 0 spiro atoms. The van der Waals surface area contributed by atoms with Crippen molar-refractivity contribution >= 4 is 5.91 Å². The fourth-order valence-electron chi connectivity index (χ4n) is 3.42. The highest BCUT2D eigenvalue weighted by Crippen LogP contribution is 2.31. The molecule has 1 atom stereocenters. The van der Waals surface area contributed by atoms with Crippen molar-refractivity contribution in [2.75, 3.05) is 6.54 Å². The van der Waals surface area contributed by atoms with Gasteiger partial charge in [0.05, 0.1) is 0 Å². The second kappa shape index (κ2) is 7.48. The molecule has 2 nitrogen and oxygen atoms in total. The van der Waals surface area contributed by atoms with Gasteiger partial charge in [-0.1, -0.05) is 72.8 Å². The molecular formula is C22H25NO. The van der Waals surface area contributed by atoms with Crippen molar-refractivity contribution in [2.45, 2.75) is 31.6 Å². The fraction of sp³-hybridized carbons (Fsp3) is 0.318. The molecule has 1 aliphatic rings. The lowest BCUT2D eigenvalue weighted by Crippen LogP contribution is -2.42. The number of benzene rings is 2. The number of carbonyl (C=O) groups excluding carboxylic acids is 1. The van der Waals surface area contributed by atoms with Crippen molar-refractivity contribution in [3.8, 4) is 0 Å². The molecule has 3 rings (SSSR count). The molecular weight excluding hydrogens is 294 g/mol. The van der Waals surface area contributed by atoms with Crippen molar-refractivity contribution in [1.82, 2.24) is 5.32 Å². The van der Waals surface area contributed by atoms with Gasteiger partial charge < -0.3 is 5.32 Å². The summed E-state index contributed by atoms with van der Waals surface area (Å²) in [4.78, 5) is 12.6. The third kappa shape index (κ3) is 3.59. The Morgan fingerprint density at radius 1 is 1.00 bits per heavy atom. The van der Waals surface area contributed by atoms with Crippen LogP contribution in [0.25, 0.3) is 0 Å². The molecule has 0 radical (unpaired) electrons. The quantitative estimate of drug-likeness (QED) is 0.810. The zero-order valence-corrected chi connectivity index (χ0v) is 14.2. The Balaban J connectivity index is 1.81. The van der Waals surface area contributed by atoms with Gasteiger partial charge >= 0.3 is 0 Å². The van der Waals surface area contributed by atoms with E-state index >= 15 is 0 Å². The van der Waals surface area contributed by atoms with Crippen molar-refractivity contribution in [1.29, 1.82) is 0 Å². The Hall–Kier alpha value is -2.35. The van der Waals surface area contributed by atoms with Gasteiger partial charge in [0.2, 0.25) is 5.91 Å². The van der Waals surface area contributed by atoms with E-state index in [1.54, 1.807) is 0 Å². The Bertz CT molecular complexity index is 651. The number of carbonyl (C=O) groups is 1. The summed E-state index contributed by atoms with van der Waals surface area (Å²) in [6.45, 7) is 2.82. The summed E-state index contributed by atoms with van der Waals surface area (Å²) in [7, 11) is 0. The van der Waals surface area contributed by atoms with Gasteiger partial charge in [0.15, 0.2) is 0 Å². The third-order valence-corrected chi connectivity index (χ3v) is 5.08. The van der Waals surface area contributed by atoms with Crippen LogP contribution in [0.4, 0.5) is 0 Å². The van der Waals surface area contributed by atoms with Crippen LogP contribution in [-0.2, 0) is 10.2 Å². The molecule has 1 N–H and O–H groups in total. The average molecular weight is 319 g/mol. The van der Waals surface area contributed by atoms with Crippen LogP contribution in [0.15, 0.2) is 72.8 Å². The maximum Gasteiger partial charge on any atom is 0.223 e. The van der Waals surface area contributed by atoms with Gasteiger partial charge in [-0.2, -0.15) is 0 Å². The number of allylic oxidation sites excluding steroid dienone is 2.